The zero-order chi connectivity index (χ0) is 16.3. The molecule has 0 aromatic heterocycles. The highest BCUT2D eigenvalue weighted by atomic mass is 16.6. The smallest absolute Gasteiger partial charge is 0.292 e. The minimum atomic E-state index is -0.370. The van der Waals surface area contributed by atoms with Gasteiger partial charge in [-0.1, -0.05) is 19.1 Å². The van der Waals surface area contributed by atoms with Crippen molar-refractivity contribution in [3.05, 3.63) is 34.4 Å². The third-order valence-corrected chi connectivity index (χ3v) is 4.19. The number of nitro groups is 1. The summed E-state index contributed by atoms with van der Waals surface area (Å²) < 4.78 is 0. The van der Waals surface area contributed by atoms with Crippen LogP contribution in [0.4, 0.5) is 11.4 Å². The maximum atomic E-state index is 12.3. The lowest BCUT2D eigenvalue weighted by Gasteiger charge is -2.37. The molecule has 0 radical (unpaired) electrons. The predicted octanol–water partition coefficient (Wildman–Crippen LogP) is 1.23. The molecule has 7 heteroatoms. The van der Waals surface area contributed by atoms with Crippen LogP contribution in [0.1, 0.15) is 13.8 Å². The molecule has 1 aliphatic rings. The van der Waals surface area contributed by atoms with Crippen molar-refractivity contribution in [2.75, 3.05) is 31.1 Å². The molecule has 2 atom stereocenters. The van der Waals surface area contributed by atoms with E-state index in [-0.39, 0.29) is 28.5 Å². The first-order valence-electron chi connectivity index (χ1n) is 7.44. The molecule has 22 heavy (non-hydrogen) atoms. The van der Waals surface area contributed by atoms with Crippen LogP contribution < -0.4 is 10.6 Å². The molecule has 1 amide bonds. The molecule has 0 aliphatic carbocycles. The lowest BCUT2D eigenvalue weighted by molar-refractivity contribution is -0.384. The number of carbonyl (C=O) groups excluding carboxylic acids is 1. The maximum Gasteiger partial charge on any atom is 0.292 e. The number of hydrogen-bond acceptors (Lipinski definition) is 5. The Hall–Kier alpha value is -2.15. The molecule has 0 spiro atoms. The summed E-state index contributed by atoms with van der Waals surface area (Å²) in [6, 6.07) is 6.52. The standard InChI is InChI=1S/C15H22N4O3/c1-11(12(2)16)15(20)18-9-7-17(8-10-18)13-5-3-4-6-14(13)19(21)22/h3-6,11-12H,7-10,16H2,1-2H3. The molecule has 1 fully saturated rings. The van der Waals surface area contributed by atoms with Crippen LogP contribution >= 0.6 is 0 Å². The van der Waals surface area contributed by atoms with E-state index in [1.54, 1.807) is 23.1 Å². The Balaban J connectivity index is 2.04. The van der Waals surface area contributed by atoms with E-state index in [4.69, 9.17) is 5.73 Å². The van der Waals surface area contributed by atoms with Crippen molar-refractivity contribution < 1.29 is 9.72 Å². The number of piperazine rings is 1. The minimum absolute atomic E-state index is 0.0530. The monoisotopic (exact) mass is 306 g/mol. The Bertz CT molecular complexity index is 553. The molecule has 2 N–H and O–H groups in total. The second-order valence-electron chi connectivity index (χ2n) is 5.71. The van der Waals surface area contributed by atoms with Gasteiger partial charge in [-0.05, 0) is 13.0 Å². The van der Waals surface area contributed by atoms with E-state index < -0.39 is 0 Å². The van der Waals surface area contributed by atoms with Crippen molar-refractivity contribution in [2.45, 2.75) is 19.9 Å². The number of nitrogens with two attached hydrogens (primary N) is 1. The number of amides is 1. The van der Waals surface area contributed by atoms with E-state index in [1.165, 1.54) is 6.07 Å². The van der Waals surface area contributed by atoms with E-state index >= 15 is 0 Å². The fourth-order valence-corrected chi connectivity index (χ4v) is 2.57. The number of nitro benzene ring substituents is 1. The third-order valence-electron chi connectivity index (χ3n) is 4.19. The first kappa shape index (κ1) is 16.2. The topological polar surface area (TPSA) is 92.7 Å². The van der Waals surface area contributed by atoms with Gasteiger partial charge >= 0.3 is 0 Å². The summed E-state index contributed by atoms with van der Waals surface area (Å²) in [7, 11) is 0. The van der Waals surface area contributed by atoms with Gasteiger partial charge in [0.05, 0.1) is 10.8 Å². The van der Waals surface area contributed by atoms with Crippen LogP contribution in [0.2, 0.25) is 0 Å². The number of benzene rings is 1. The molecule has 0 bridgehead atoms. The van der Waals surface area contributed by atoms with E-state index in [0.29, 0.717) is 31.9 Å². The molecule has 1 aliphatic heterocycles. The largest absolute Gasteiger partial charge is 0.362 e. The fourth-order valence-electron chi connectivity index (χ4n) is 2.57. The molecule has 1 aromatic rings. The summed E-state index contributed by atoms with van der Waals surface area (Å²) in [5.41, 5.74) is 6.50. The van der Waals surface area contributed by atoms with Crippen molar-refractivity contribution in [1.82, 2.24) is 4.90 Å². The maximum absolute atomic E-state index is 12.3. The van der Waals surface area contributed by atoms with Crippen LogP contribution in [0.15, 0.2) is 24.3 Å². The van der Waals surface area contributed by atoms with E-state index in [2.05, 4.69) is 0 Å². The van der Waals surface area contributed by atoms with Crippen molar-refractivity contribution in [1.29, 1.82) is 0 Å². The molecular formula is C15H22N4O3. The van der Waals surface area contributed by atoms with Crippen molar-refractivity contribution in [3.8, 4) is 0 Å². The van der Waals surface area contributed by atoms with E-state index in [9.17, 15) is 14.9 Å². The highest BCUT2D eigenvalue weighted by Gasteiger charge is 2.28. The Morgan fingerprint density at radius 1 is 1.23 bits per heavy atom. The van der Waals surface area contributed by atoms with E-state index in [0.717, 1.165) is 0 Å². The van der Waals surface area contributed by atoms with Gasteiger partial charge in [0.15, 0.2) is 0 Å². The van der Waals surface area contributed by atoms with Crippen LogP contribution in [-0.2, 0) is 4.79 Å². The molecule has 2 unspecified atom stereocenters. The molecule has 120 valence electrons. The van der Waals surface area contributed by atoms with Crippen LogP contribution in [0, 0.1) is 16.0 Å². The SMILES string of the molecule is CC(N)C(C)C(=O)N1CCN(c2ccccc2[N+](=O)[O-])CC1. The van der Waals surface area contributed by atoms with Gasteiger partial charge in [0.25, 0.3) is 5.69 Å². The highest BCUT2D eigenvalue weighted by Crippen LogP contribution is 2.28. The van der Waals surface area contributed by atoms with Gasteiger partial charge in [0.2, 0.25) is 5.91 Å². The Labute approximate surface area is 129 Å². The van der Waals surface area contributed by atoms with Gasteiger partial charge in [-0.25, -0.2) is 0 Å². The summed E-state index contributed by atoms with van der Waals surface area (Å²) in [6.07, 6.45) is 0. The summed E-state index contributed by atoms with van der Waals surface area (Å²) in [5, 5.41) is 11.1. The Morgan fingerprint density at radius 3 is 2.36 bits per heavy atom. The number of carbonyl (C=O) groups is 1. The van der Waals surface area contributed by atoms with Crippen molar-refractivity contribution in [3.63, 3.8) is 0 Å². The second kappa shape index (κ2) is 6.74. The summed E-state index contributed by atoms with van der Waals surface area (Å²) in [4.78, 5) is 26.8. The summed E-state index contributed by atoms with van der Waals surface area (Å²) in [5.74, 6) is -0.158. The Kier molecular flexibility index (Phi) is 4.97. The van der Waals surface area contributed by atoms with Crippen molar-refractivity contribution in [2.24, 2.45) is 11.7 Å². The zero-order valence-electron chi connectivity index (χ0n) is 12.9. The second-order valence-corrected chi connectivity index (χ2v) is 5.71. The molecule has 1 heterocycles. The number of nitrogens with zero attached hydrogens (tertiary/aromatic N) is 3. The van der Waals surface area contributed by atoms with Crippen LogP contribution in [0.3, 0.4) is 0 Å². The van der Waals surface area contributed by atoms with Crippen LogP contribution in [-0.4, -0.2) is 48.0 Å². The highest BCUT2D eigenvalue weighted by molar-refractivity contribution is 5.79. The van der Waals surface area contributed by atoms with Crippen molar-refractivity contribution >= 4 is 17.3 Å². The molecule has 2 rings (SSSR count). The normalized spacial score (nSPS) is 18.0. The molecule has 7 nitrogen and oxygen atoms in total. The first-order chi connectivity index (χ1) is 10.4. The molecular weight excluding hydrogens is 284 g/mol. The molecule has 1 aromatic carbocycles. The quantitative estimate of drug-likeness (QED) is 0.667. The van der Waals surface area contributed by atoms with Gasteiger partial charge in [-0.15, -0.1) is 0 Å². The zero-order valence-corrected chi connectivity index (χ0v) is 12.9. The first-order valence-corrected chi connectivity index (χ1v) is 7.44. The number of rotatable bonds is 4. The van der Waals surface area contributed by atoms with Gasteiger partial charge in [0.1, 0.15) is 5.69 Å². The van der Waals surface area contributed by atoms with Gasteiger partial charge in [0, 0.05) is 38.3 Å². The number of para-hydroxylation sites is 2. The molecule has 0 saturated carbocycles. The fraction of sp³-hybridized carbons (Fsp3) is 0.533. The number of anilines is 1. The van der Waals surface area contributed by atoms with Gasteiger partial charge in [-0.3, -0.25) is 14.9 Å². The lowest BCUT2D eigenvalue weighted by atomic mass is 10.0. The number of hydrogen-bond donors (Lipinski definition) is 1. The average molecular weight is 306 g/mol. The van der Waals surface area contributed by atoms with Crippen LogP contribution in [0.25, 0.3) is 0 Å². The predicted molar refractivity (Wildman–Crippen MR) is 84.7 cm³/mol. The summed E-state index contributed by atoms with van der Waals surface area (Å²) in [6.45, 7) is 5.95. The lowest BCUT2D eigenvalue weighted by Crippen LogP contribution is -2.52. The Morgan fingerprint density at radius 2 is 1.82 bits per heavy atom. The molecule has 1 saturated heterocycles. The van der Waals surface area contributed by atoms with Crippen LogP contribution in [0.5, 0.6) is 0 Å². The van der Waals surface area contributed by atoms with E-state index in [1.807, 2.05) is 18.7 Å². The average Bonchev–Trinajstić information content (AvgIpc) is 2.53. The minimum Gasteiger partial charge on any atom is -0.362 e. The van der Waals surface area contributed by atoms with Gasteiger partial charge < -0.3 is 15.5 Å². The van der Waals surface area contributed by atoms with Gasteiger partial charge in [-0.2, -0.15) is 0 Å². The summed E-state index contributed by atoms with van der Waals surface area (Å²) >= 11 is 0. The third kappa shape index (κ3) is 3.36.